The Morgan fingerprint density at radius 1 is 0.852 bits per heavy atom. The number of hydrogen-bond donors (Lipinski definition) is 2. The summed E-state index contributed by atoms with van der Waals surface area (Å²) in [6.45, 7) is 1.93. The van der Waals surface area contributed by atoms with Crippen LogP contribution in [-0.4, -0.2) is 16.8 Å². The number of amides is 2. The van der Waals surface area contributed by atoms with Gasteiger partial charge in [0, 0.05) is 24.1 Å². The van der Waals surface area contributed by atoms with E-state index in [9.17, 15) is 18.4 Å². The van der Waals surface area contributed by atoms with Crippen molar-refractivity contribution in [3.8, 4) is 0 Å². The third-order valence-corrected chi connectivity index (χ3v) is 3.75. The first-order valence-corrected chi connectivity index (χ1v) is 8.02. The number of hydrogen-bond acceptors (Lipinski definition) is 3. The van der Waals surface area contributed by atoms with Crippen LogP contribution in [0.2, 0.25) is 0 Å². The maximum atomic E-state index is 13.7. The maximum Gasteiger partial charge on any atom is 0.257 e. The molecule has 5 nitrogen and oxygen atoms in total. The van der Waals surface area contributed by atoms with Crippen molar-refractivity contribution in [2.75, 3.05) is 10.6 Å². The van der Waals surface area contributed by atoms with Crippen LogP contribution in [0.3, 0.4) is 0 Å². The summed E-state index contributed by atoms with van der Waals surface area (Å²) in [5.41, 5.74) is 1.73. The Kier molecular flexibility index (Phi) is 5.21. The Morgan fingerprint density at radius 2 is 1.48 bits per heavy atom. The molecule has 1 aromatic heterocycles. The van der Waals surface area contributed by atoms with Gasteiger partial charge in [0.2, 0.25) is 0 Å². The van der Waals surface area contributed by atoms with Gasteiger partial charge >= 0.3 is 0 Å². The number of aryl methyl sites for hydroxylation is 1. The molecule has 0 unspecified atom stereocenters. The Bertz CT molecular complexity index is 1000. The van der Waals surface area contributed by atoms with Crippen molar-refractivity contribution in [2.45, 2.75) is 6.92 Å². The highest BCUT2D eigenvalue weighted by Gasteiger charge is 2.14. The van der Waals surface area contributed by atoms with Gasteiger partial charge < -0.3 is 10.6 Å². The molecule has 136 valence electrons. The fourth-order valence-electron chi connectivity index (χ4n) is 2.31. The molecule has 2 amide bonds. The van der Waals surface area contributed by atoms with E-state index in [0.717, 1.165) is 17.7 Å². The lowest BCUT2D eigenvalue weighted by atomic mass is 10.1. The molecule has 2 aromatic carbocycles. The molecule has 0 fully saturated rings. The minimum atomic E-state index is -0.899. The average molecular weight is 367 g/mol. The number of aromatic nitrogens is 1. The van der Waals surface area contributed by atoms with Gasteiger partial charge in [0.25, 0.3) is 11.8 Å². The molecule has 0 aliphatic carbocycles. The lowest BCUT2D eigenvalue weighted by Crippen LogP contribution is -2.16. The fourth-order valence-corrected chi connectivity index (χ4v) is 2.31. The van der Waals surface area contributed by atoms with E-state index in [1.807, 2.05) is 19.1 Å². The van der Waals surface area contributed by atoms with Crippen LogP contribution >= 0.6 is 0 Å². The number of carbonyl (C=O) groups is 2. The number of halogens is 2. The fraction of sp³-hybridized carbons (Fsp3) is 0.0500. The van der Waals surface area contributed by atoms with Crippen LogP contribution in [0.25, 0.3) is 0 Å². The van der Waals surface area contributed by atoms with Gasteiger partial charge in [-0.2, -0.15) is 0 Å². The van der Waals surface area contributed by atoms with E-state index >= 15 is 0 Å². The molecular weight excluding hydrogens is 352 g/mol. The van der Waals surface area contributed by atoms with E-state index < -0.39 is 23.4 Å². The van der Waals surface area contributed by atoms with Crippen LogP contribution in [0, 0.1) is 18.6 Å². The molecule has 0 saturated carbocycles. The SMILES string of the molecule is Cc1ccc(NC(=O)c2cncc(C(=O)Nc3ccc(F)cc3F)c2)cc1. The van der Waals surface area contributed by atoms with Gasteiger partial charge in [-0.05, 0) is 37.3 Å². The topological polar surface area (TPSA) is 71.1 Å². The summed E-state index contributed by atoms with van der Waals surface area (Å²) >= 11 is 0. The molecule has 0 atom stereocenters. The summed E-state index contributed by atoms with van der Waals surface area (Å²) in [5, 5.41) is 5.03. The van der Waals surface area contributed by atoms with E-state index in [4.69, 9.17) is 0 Å². The highest BCUT2D eigenvalue weighted by atomic mass is 19.1. The van der Waals surface area contributed by atoms with Crippen molar-refractivity contribution in [1.29, 1.82) is 0 Å². The standard InChI is InChI=1S/C20H15F2N3O2/c1-12-2-5-16(6-3-12)24-19(26)13-8-14(11-23-10-13)20(27)25-18-7-4-15(21)9-17(18)22/h2-11H,1H3,(H,24,26)(H,25,27). The second-order valence-electron chi connectivity index (χ2n) is 5.86. The molecule has 0 radical (unpaired) electrons. The maximum absolute atomic E-state index is 13.7. The second-order valence-corrected chi connectivity index (χ2v) is 5.86. The first-order chi connectivity index (χ1) is 12.9. The molecular formula is C20H15F2N3O2. The number of nitrogens with one attached hydrogen (secondary N) is 2. The van der Waals surface area contributed by atoms with Crippen molar-refractivity contribution in [3.63, 3.8) is 0 Å². The third kappa shape index (κ3) is 4.52. The highest BCUT2D eigenvalue weighted by molar-refractivity contribution is 6.08. The molecule has 0 bridgehead atoms. The van der Waals surface area contributed by atoms with Gasteiger partial charge in [-0.25, -0.2) is 8.78 Å². The number of rotatable bonds is 4. The molecule has 3 aromatic rings. The summed E-state index contributed by atoms with van der Waals surface area (Å²) in [6, 6.07) is 11.4. The van der Waals surface area contributed by atoms with E-state index in [1.165, 1.54) is 18.5 Å². The Hall–Kier alpha value is -3.61. The molecule has 7 heteroatoms. The zero-order chi connectivity index (χ0) is 19.4. The Labute approximate surface area is 154 Å². The van der Waals surface area contributed by atoms with Gasteiger partial charge in [0.1, 0.15) is 11.6 Å². The van der Waals surface area contributed by atoms with E-state index in [2.05, 4.69) is 15.6 Å². The van der Waals surface area contributed by atoms with Gasteiger partial charge in [-0.15, -0.1) is 0 Å². The first kappa shape index (κ1) is 18.2. The molecule has 0 aliphatic rings. The van der Waals surface area contributed by atoms with E-state index in [1.54, 1.807) is 12.1 Å². The van der Waals surface area contributed by atoms with Crippen LogP contribution < -0.4 is 10.6 Å². The number of nitrogens with zero attached hydrogens (tertiary/aromatic N) is 1. The molecule has 3 rings (SSSR count). The highest BCUT2D eigenvalue weighted by Crippen LogP contribution is 2.17. The third-order valence-electron chi connectivity index (χ3n) is 3.75. The average Bonchev–Trinajstić information content (AvgIpc) is 2.66. The number of benzene rings is 2. The van der Waals surface area contributed by atoms with Gasteiger partial charge in [0.15, 0.2) is 0 Å². The first-order valence-electron chi connectivity index (χ1n) is 8.02. The van der Waals surface area contributed by atoms with Crippen LogP contribution in [-0.2, 0) is 0 Å². The smallest absolute Gasteiger partial charge is 0.257 e. The summed E-state index contributed by atoms with van der Waals surface area (Å²) in [5.74, 6) is -2.75. The molecule has 0 spiro atoms. The van der Waals surface area contributed by atoms with E-state index in [-0.39, 0.29) is 16.8 Å². The van der Waals surface area contributed by atoms with Crippen LogP contribution in [0.4, 0.5) is 20.2 Å². The van der Waals surface area contributed by atoms with Gasteiger partial charge in [-0.1, -0.05) is 17.7 Å². The van der Waals surface area contributed by atoms with Crippen LogP contribution in [0.5, 0.6) is 0 Å². The van der Waals surface area contributed by atoms with Crippen LogP contribution in [0.1, 0.15) is 26.3 Å². The summed E-state index contributed by atoms with van der Waals surface area (Å²) < 4.78 is 26.6. The van der Waals surface area contributed by atoms with Crippen molar-refractivity contribution in [1.82, 2.24) is 4.98 Å². The molecule has 0 aliphatic heterocycles. The predicted molar refractivity (Wildman–Crippen MR) is 97.7 cm³/mol. The number of carbonyl (C=O) groups excluding carboxylic acids is 2. The zero-order valence-electron chi connectivity index (χ0n) is 14.3. The minimum absolute atomic E-state index is 0.0651. The van der Waals surface area contributed by atoms with Gasteiger partial charge in [0.05, 0.1) is 16.8 Å². The van der Waals surface area contributed by atoms with Crippen molar-refractivity contribution in [3.05, 3.63) is 89.2 Å². The Balaban J connectivity index is 1.75. The lowest BCUT2D eigenvalue weighted by Gasteiger charge is -2.08. The number of anilines is 2. The predicted octanol–water partition coefficient (Wildman–Crippen LogP) is 4.17. The van der Waals surface area contributed by atoms with Crippen molar-refractivity contribution in [2.24, 2.45) is 0 Å². The summed E-state index contributed by atoms with van der Waals surface area (Å²) in [4.78, 5) is 28.5. The molecule has 0 saturated heterocycles. The Morgan fingerprint density at radius 3 is 2.11 bits per heavy atom. The minimum Gasteiger partial charge on any atom is -0.322 e. The number of pyridine rings is 1. The monoisotopic (exact) mass is 367 g/mol. The summed E-state index contributed by atoms with van der Waals surface area (Å²) in [6.07, 6.45) is 2.57. The van der Waals surface area contributed by atoms with Crippen molar-refractivity contribution >= 4 is 23.2 Å². The molecule has 2 N–H and O–H groups in total. The largest absolute Gasteiger partial charge is 0.322 e. The molecule has 27 heavy (non-hydrogen) atoms. The van der Waals surface area contributed by atoms with Crippen LogP contribution in [0.15, 0.2) is 60.9 Å². The van der Waals surface area contributed by atoms with Crippen molar-refractivity contribution < 1.29 is 18.4 Å². The normalized spacial score (nSPS) is 10.3. The summed E-state index contributed by atoms with van der Waals surface area (Å²) in [7, 11) is 0. The quantitative estimate of drug-likeness (QED) is 0.727. The zero-order valence-corrected chi connectivity index (χ0v) is 14.3. The molecule has 1 heterocycles. The van der Waals surface area contributed by atoms with Gasteiger partial charge in [-0.3, -0.25) is 14.6 Å². The second kappa shape index (κ2) is 7.74. The van der Waals surface area contributed by atoms with E-state index in [0.29, 0.717) is 11.8 Å². The lowest BCUT2D eigenvalue weighted by molar-refractivity contribution is 0.102.